The Kier molecular flexibility index (Phi) is 7.38. The predicted molar refractivity (Wildman–Crippen MR) is 201 cm³/mol. The molecule has 220 valence electrons. The molecule has 0 nitrogen and oxygen atoms in total. The van der Waals surface area contributed by atoms with Crippen LogP contribution in [0.3, 0.4) is 0 Å². The molecule has 0 amide bonds. The first-order valence-corrected chi connectivity index (χ1v) is 27.8. The van der Waals surface area contributed by atoms with Crippen LogP contribution in [0.2, 0.25) is 4.63 Å². The van der Waals surface area contributed by atoms with E-state index < -0.39 is 17.4 Å². The van der Waals surface area contributed by atoms with Gasteiger partial charge in [0, 0.05) is 0 Å². The van der Waals surface area contributed by atoms with E-state index in [2.05, 4.69) is 163 Å². The Bertz CT molecular complexity index is 2300. The third-order valence-electron chi connectivity index (χ3n) is 10.9. The molecule has 0 fully saturated rings. The summed E-state index contributed by atoms with van der Waals surface area (Å²) >= 11 is -4.14. The summed E-state index contributed by atoms with van der Waals surface area (Å²) in [5, 5.41) is 11.0. The van der Waals surface area contributed by atoms with Crippen molar-refractivity contribution in [3.63, 3.8) is 0 Å². The first-order chi connectivity index (χ1) is 21.1. The number of hydrogen-bond donors (Lipinski definition) is 0. The van der Waals surface area contributed by atoms with Gasteiger partial charge in [-0.25, -0.2) is 0 Å². The van der Waals surface area contributed by atoms with E-state index in [-0.39, 0.29) is 24.8 Å². The molecule has 2 aliphatic rings. The topological polar surface area (TPSA) is 0 Å². The molecule has 0 N–H and O–H groups in total. The fraction of sp³-hybridized carbons (Fsp3) is 0.0732. The van der Waals surface area contributed by atoms with Gasteiger partial charge in [0.25, 0.3) is 0 Å². The molecule has 0 bridgehead atoms. The van der Waals surface area contributed by atoms with Crippen molar-refractivity contribution in [2.75, 3.05) is 0 Å². The monoisotopic (exact) mass is 714 g/mol. The zero-order valence-electron chi connectivity index (χ0n) is 25.1. The molecular weight excluding hydrogens is 683 g/mol. The molecule has 0 aliphatic heterocycles. The van der Waals surface area contributed by atoms with Crippen LogP contribution in [0.4, 0.5) is 0 Å². The van der Waals surface area contributed by atoms with Crippen LogP contribution in [-0.4, -0.2) is 6.88 Å². The third-order valence-corrected chi connectivity index (χ3v) is 34.3. The zero-order chi connectivity index (χ0) is 28.8. The molecule has 9 rings (SSSR count). The first kappa shape index (κ1) is 30.4. The Morgan fingerprint density at radius 1 is 0.422 bits per heavy atom. The van der Waals surface area contributed by atoms with Crippen LogP contribution in [0.5, 0.6) is 0 Å². The Hall–Kier alpha value is -3.26. The molecular formula is C41H34Cl2SiZr. The maximum absolute atomic E-state index is 4.14. The molecule has 0 radical (unpaired) electrons. The van der Waals surface area contributed by atoms with Gasteiger partial charge in [-0.1, -0.05) is 0 Å². The average Bonchev–Trinajstić information content (AvgIpc) is 3.73. The van der Waals surface area contributed by atoms with Gasteiger partial charge in [-0.05, 0) is 0 Å². The van der Waals surface area contributed by atoms with Gasteiger partial charge in [-0.2, -0.15) is 0 Å². The average molecular weight is 717 g/mol. The summed E-state index contributed by atoms with van der Waals surface area (Å²) in [5.41, 5.74) is 5.95. The van der Waals surface area contributed by atoms with Gasteiger partial charge in [0.05, 0.1) is 0 Å². The van der Waals surface area contributed by atoms with E-state index in [0.29, 0.717) is 7.25 Å². The number of rotatable bonds is 3. The summed E-state index contributed by atoms with van der Waals surface area (Å²) in [6, 6.07) is 48.0. The fourth-order valence-electron chi connectivity index (χ4n) is 8.81. The predicted octanol–water partition coefficient (Wildman–Crippen LogP) is 10.6. The summed E-state index contributed by atoms with van der Waals surface area (Å²) in [4.78, 5) is 0. The molecule has 2 aliphatic carbocycles. The van der Waals surface area contributed by atoms with Crippen molar-refractivity contribution in [3.8, 4) is 0 Å². The van der Waals surface area contributed by atoms with Crippen LogP contribution in [0.15, 0.2) is 140 Å². The molecule has 0 saturated heterocycles. The number of allylic oxidation sites excluding steroid dienone is 2. The summed E-state index contributed by atoms with van der Waals surface area (Å²) in [6.07, 6.45) is 10.2. The number of hydrogen-bond acceptors (Lipinski definition) is 0. The first-order valence-electron chi connectivity index (χ1n) is 15.4. The second-order valence-electron chi connectivity index (χ2n) is 13.1. The van der Waals surface area contributed by atoms with Crippen molar-refractivity contribution >= 4 is 90.2 Å². The van der Waals surface area contributed by atoms with Crippen LogP contribution in [-0.2, 0) is 17.4 Å². The second kappa shape index (κ2) is 10.9. The molecule has 0 spiro atoms. The molecule has 7 aromatic carbocycles. The Labute approximate surface area is 279 Å². The van der Waals surface area contributed by atoms with E-state index in [1.807, 2.05) is 0 Å². The van der Waals surface area contributed by atoms with Crippen molar-refractivity contribution in [1.29, 1.82) is 0 Å². The molecule has 45 heavy (non-hydrogen) atoms. The van der Waals surface area contributed by atoms with E-state index in [4.69, 9.17) is 0 Å². The van der Waals surface area contributed by atoms with E-state index in [1.165, 1.54) is 54.2 Å². The van der Waals surface area contributed by atoms with Gasteiger partial charge in [0.1, 0.15) is 0 Å². The second-order valence-corrected chi connectivity index (χ2v) is 39.6. The molecule has 0 heterocycles. The number of benzene rings is 7. The fourth-order valence-corrected chi connectivity index (χ4v) is 28.3. The van der Waals surface area contributed by atoms with Crippen molar-refractivity contribution in [3.05, 3.63) is 162 Å². The van der Waals surface area contributed by atoms with Gasteiger partial charge >= 0.3 is 256 Å². The molecule has 4 heteroatoms. The maximum atomic E-state index is 2.76. The van der Waals surface area contributed by atoms with Crippen molar-refractivity contribution < 1.29 is 17.4 Å². The molecule has 2 atom stereocenters. The van der Waals surface area contributed by atoms with Crippen LogP contribution in [0.1, 0.15) is 29.5 Å². The van der Waals surface area contributed by atoms with Gasteiger partial charge in [0.15, 0.2) is 0 Å². The molecule has 0 saturated carbocycles. The third kappa shape index (κ3) is 4.06. The van der Waals surface area contributed by atoms with Crippen molar-refractivity contribution in [2.24, 2.45) is 0 Å². The van der Waals surface area contributed by atoms with Crippen molar-refractivity contribution in [1.82, 2.24) is 0 Å². The van der Waals surface area contributed by atoms with Gasteiger partial charge in [0.2, 0.25) is 0 Å². The van der Waals surface area contributed by atoms with Gasteiger partial charge in [-0.15, -0.1) is 24.8 Å². The number of halogens is 2. The zero-order valence-corrected chi connectivity index (χ0v) is 30.6. The Morgan fingerprint density at radius 2 is 0.733 bits per heavy atom. The summed E-state index contributed by atoms with van der Waals surface area (Å²) in [6.45, 7) is 2.43. The van der Waals surface area contributed by atoms with Crippen LogP contribution < -0.4 is 3.27 Å². The summed E-state index contributed by atoms with van der Waals surface area (Å²) in [7, 11) is 0. The molecule has 0 aromatic heterocycles. The standard InChI is InChI=1S/2C17H11.C6H5.CH3.2ClH.H2Si.Zr/c2*1-3-8-14-12(6-1)13-7-2-4-9-15(13)17-11-5-10-16(14)17;1-2-4-6-5-3-1;;;;;/h2*1-11H;1-5H;1H3;2*1H;1H2;. The Morgan fingerprint density at radius 3 is 1.13 bits per heavy atom. The quantitative estimate of drug-likeness (QED) is 0.126. The summed E-state index contributed by atoms with van der Waals surface area (Å²) < 4.78 is 5.09. The molecule has 7 aromatic rings. The summed E-state index contributed by atoms with van der Waals surface area (Å²) in [5.74, 6) is 0. The SMILES string of the molecule is Cl.Cl.[CH3][Zr](=[SiH2])([c]1ccccc1)([CH]1C=Cc2c1c1ccccc1c1ccccc21)[CH]1C=Cc2c1c1ccccc1c1ccccc21. The minimum absolute atomic E-state index is 0. The van der Waals surface area contributed by atoms with E-state index in [1.54, 1.807) is 14.4 Å². The minimum atomic E-state index is -4.14. The van der Waals surface area contributed by atoms with Gasteiger partial charge in [-0.3, -0.25) is 0 Å². The van der Waals surface area contributed by atoms with Gasteiger partial charge < -0.3 is 0 Å². The Balaban J connectivity index is 0.00000163. The number of fused-ring (bicyclic) bond motifs is 12. The van der Waals surface area contributed by atoms with Crippen molar-refractivity contribution in [2.45, 2.75) is 11.9 Å². The van der Waals surface area contributed by atoms with Crippen LogP contribution in [0.25, 0.3) is 55.2 Å². The van der Waals surface area contributed by atoms with E-state index >= 15 is 0 Å². The van der Waals surface area contributed by atoms with E-state index in [0.717, 1.165) is 0 Å². The van der Waals surface area contributed by atoms with E-state index in [9.17, 15) is 0 Å². The van der Waals surface area contributed by atoms with Crippen LogP contribution in [0, 0.1) is 0 Å². The normalized spacial score (nSPS) is 16.9. The van der Waals surface area contributed by atoms with Crippen LogP contribution >= 0.6 is 24.8 Å². The molecule has 2 unspecified atom stereocenters.